The number of hydroxylamine groups is 1. The fourth-order valence-electron chi connectivity index (χ4n) is 0.468. The third-order valence-corrected chi connectivity index (χ3v) is 1.08. The summed E-state index contributed by atoms with van der Waals surface area (Å²) in [5, 5.41) is 0. The molecule has 0 rings (SSSR count). The highest BCUT2D eigenvalue weighted by molar-refractivity contribution is 5.88. The van der Waals surface area contributed by atoms with Crippen LogP contribution in [-0.4, -0.2) is 11.9 Å². The monoisotopic (exact) mass is 171 g/mol. The normalized spacial score (nSPS) is 8.83. The van der Waals surface area contributed by atoms with Crippen molar-refractivity contribution in [3.63, 3.8) is 0 Å². The predicted octanol–water partition coefficient (Wildman–Crippen LogP) is 0.937. The Hall–Kier alpha value is -1.32. The van der Waals surface area contributed by atoms with Crippen molar-refractivity contribution in [2.75, 3.05) is 0 Å². The minimum absolute atomic E-state index is 0.256. The molecule has 0 saturated carbocycles. The Morgan fingerprint density at radius 2 is 2.08 bits per heavy atom. The molecule has 0 heterocycles. The summed E-state index contributed by atoms with van der Waals surface area (Å²) in [6.07, 6.45) is 1.07. The molecule has 12 heavy (non-hydrogen) atoms. The van der Waals surface area contributed by atoms with Crippen LogP contribution < -0.4 is 5.48 Å². The van der Waals surface area contributed by atoms with Crippen LogP contribution in [0, 0.1) is 0 Å². The van der Waals surface area contributed by atoms with E-state index in [1.165, 1.54) is 6.92 Å². The summed E-state index contributed by atoms with van der Waals surface area (Å²) in [4.78, 5) is 25.8. The van der Waals surface area contributed by atoms with Gasteiger partial charge in [0.1, 0.15) is 0 Å². The van der Waals surface area contributed by atoms with E-state index in [0.717, 1.165) is 6.42 Å². The molecule has 0 saturated heterocycles. The largest absolute Gasteiger partial charge is 0.358 e. The van der Waals surface area contributed by atoms with Crippen molar-refractivity contribution in [1.29, 1.82) is 0 Å². The van der Waals surface area contributed by atoms with E-state index in [-0.39, 0.29) is 11.5 Å². The molecule has 0 aromatic carbocycles. The first-order valence-corrected chi connectivity index (χ1v) is 3.73. The van der Waals surface area contributed by atoms with Crippen molar-refractivity contribution in [3.05, 3.63) is 12.2 Å². The summed E-state index contributed by atoms with van der Waals surface area (Å²) in [6.45, 7) is 6.72. The maximum absolute atomic E-state index is 10.8. The van der Waals surface area contributed by atoms with Gasteiger partial charge in [0, 0.05) is 12.0 Å². The van der Waals surface area contributed by atoms with Gasteiger partial charge in [-0.05, 0) is 13.3 Å². The molecule has 0 bridgehead atoms. The lowest BCUT2D eigenvalue weighted by molar-refractivity contribution is -0.154. The third kappa shape index (κ3) is 4.49. The maximum Gasteiger partial charge on any atom is 0.358 e. The second-order valence-electron chi connectivity index (χ2n) is 2.45. The van der Waals surface area contributed by atoms with Crippen molar-refractivity contribution in [2.24, 2.45) is 0 Å². The van der Waals surface area contributed by atoms with E-state index in [2.05, 4.69) is 11.4 Å². The van der Waals surface area contributed by atoms with Gasteiger partial charge in [-0.2, -0.15) is 5.48 Å². The van der Waals surface area contributed by atoms with Crippen molar-refractivity contribution >= 4 is 11.9 Å². The first kappa shape index (κ1) is 10.7. The van der Waals surface area contributed by atoms with Crippen LogP contribution in [0.3, 0.4) is 0 Å². The number of hydrogen-bond acceptors (Lipinski definition) is 3. The maximum atomic E-state index is 10.8. The van der Waals surface area contributed by atoms with Crippen LogP contribution in [0.5, 0.6) is 0 Å². The zero-order chi connectivity index (χ0) is 9.56. The molecular weight excluding hydrogens is 158 g/mol. The van der Waals surface area contributed by atoms with Gasteiger partial charge in [-0.3, -0.25) is 4.79 Å². The summed E-state index contributed by atoms with van der Waals surface area (Å²) in [7, 11) is 0. The van der Waals surface area contributed by atoms with Gasteiger partial charge in [0.2, 0.25) is 0 Å². The zero-order valence-electron chi connectivity index (χ0n) is 7.35. The van der Waals surface area contributed by atoms with E-state index < -0.39 is 5.97 Å². The van der Waals surface area contributed by atoms with Gasteiger partial charge in [-0.15, -0.1) is 0 Å². The number of carbonyl (C=O) groups excluding carboxylic acids is 2. The molecule has 0 aromatic rings. The minimum atomic E-state index is -0.612. The Bertz CT molecular complexity index is 198. The zero-order valence-corrected chi connectivity index (χ0v) is 7.35. The average Bonchev–Trinajstić information content (AvgIpc) is 2.00. The predicted molar refractivity (Wildman–Crippen MR) is 44.0 cm³/mol. The average molecular weight is 171 g/mol. The molecule has 68 valence electrons. The van der Waals surface area contributed by atoms with Gasteiger partial charge >= 0.3 is 5.97 Å². The highest BCUT2D eigenvalue weighted by atomic mass is 16.7. The van der Waals surface area contributed by atoms with Gasteiger partial charge in [0.15, 0.2) is 0 Å². The SMILES string of the molecule is C=C(C)C(=O)ONC(=O)CCC. The van der Waals surface area contributed by atoms with E-state index in [1.54, 1.807) is 0 Å². The second-order valence-corrected chi connectivity index (χ2v) is 2.45. The molecular formula is C8H13NO3. The number of carbonyl (C=O) groups is 2. The van der Waals surface area contributed by atoms with Crippen LogP contribution in [0.1, 0.15) is 26.7 Å². The van der Waals surface area contributed by atoms with Gasteiger partial charge in [-0.1, -0.05) is 13.5 Å². The molecule has 0 spiro atoms. The lowest BCUT2D eigenvalue weighted by Crippen LogP contribution is -2.26. The van der Waals surface area contributed by atoms with E-state index in [9.17, 15) is 9.59 Å². The van der Waals surface area contributed by atoms with E-state index >= 15 is 0 Å². The first-order chi connectivity index (χ1) is 5.57. The van der Waals surface area contributed by atoms with Gasteiger partial charge in [-0.25, -0.2) is 4.79 Å². The smallest absolute Gasteiger partial charge is 0.336 e. The van der Waals surface area contributed by atoms with Crippen LogP contribution in [-0.2, 0) is 14.4 Å². The van der Waals surface area contributed by atoms with Crippen molar-refractivity contribution in [2.45, 2.75) is 26.7 Å². The van der Waals surface area contributed by atoms with Gasteiger partial charge < -0.3 is 4.84 Å². The third-order valence-electron chi connectivity index (χ3n) is 1.08. The molecule has 4 heteroatoms. The van der Waals surface area contributed by atoms with E-state index in [4.69, 9.17) is 0 Å². The fraction of sp³-hybridized carbons (Fsp3) is 0.500. The molecule has 0 atom stereocenters. The van der Waals surface area contributed by atoms with Crippen molar-refractivity contribution in [3.8, 4) is 0 Å². The number of rotatable bonds is 3. The second kappa shape index (κ2) is 5.35. The Labute approximate surface area is 71.5 Å². The molecule has 1 N–H and O–H groups in total. The van der Waals surface area contributed by atoms with Crippen molar-refractivity contribution < 1.29 is 14.4 Å². The molecule has 0 fully saturated rings. The summed E-state index contributed by atoms with van der Waals surface area (Å²) in [5.41, 5.74) is 2.27. The highest BCUT2D eigenvalue weighted by Crippen LogP contribution is 1.90. The van der Waals surface area contributed by atoms with E-state index in [0.29, 0.717) is 6.42 Å². The molecule has 0 unspecified atom stereocenters. The van der Waals surface area contributed by atoms with Crippen LogP contribution in [0.4, 0.5) is 0 Å². The quantitative estimate of drug-likeness (QED) is 0.507. The summed E-state index contributed by atoms with van der Waals surface area (Å²) < 4.78 is 0. The Morgan fingerprint density at radius 1 is 1.50 bits per heavy atom. The molecule has 0 aliphatic carbocycles. The molecule has 1 amide bonds. The van der Waals surface area contributed by atoms with Crippen LogP contribution in [0.15, 0.2) is 12.2 Å². The molecule has 0 aromatic heterocycles. The van der Waals surface area contributed by atoms with Crippen LogP contribution in [0.25, 0.3) is 0 Å². The minimum Gasteiger partial charge on any atom is -0.336 e. The fourth-order valence-corrected chi connectivity index (χ4v) is 0.468. The number of amides is 1. The van der Waals surface area contributed by atoms with Crippen LogP contribution >= 0.6 is 0 Å². The summed E-state index contributed by atoms with van der Waals surface area (Å²) in [5.74, 6) is -0.911. The Kier molecular flexibility index (Phi) is 4.76. The lowest BCUT2D eigenvalue weighted by Gasteiger charge is -2.03. The molecule has 0 radical (unpaired) electrons. The van der Waals surface area contributed by atoms with E-state index in [1.807, 2.05) is 12.4 Å². The lowest BCUT2D eigenvalue weighted by atomic mass is 10.3. The summed E-state index contributed by atoms with van der Waals surface area (Å²) in [6, 6.07) is 0. The molecule has 0 aliphatic heterocycles. The highest BCUT2D eigenvalue weighted by Gasteiger charge is 2.05. The van der Waals surface area contributed by atoms with Gasteiger partial charge in [0.05, 0.1) is 0 Å². The molecule has 4 nitrogen and oxygen atoms in total. The molecule has 0 aliphatic rings. The van der Waals surface area contributed by atoms with Gasteiger partial charge in [0.25, 0.3) is 5.91 Å². The van der Waals surface area contributed by atoms with Crippen molar-refractivity contribution in [1.82, 2.24) is 5.48 Å². The number of hydrogen-bond donors (Lipinski definition) is 1. The Balaban J connectivity index is 3.61. The topological polar surface area (TPSA) is 55.4 Å². The van der Waals surface area contributed by atoms with Crippen LogP contribution in [0.2, 0.25) is 0 Å². The standard InChI is InChI=1S/C8H13NO3/c1-4-5-7(10)9-12-8(11)6(2)3/h2,4-5H2,1,3H3,(H,9,10). The summed E-state index contributed by atoms with van der Waals surface area (Å²) >= 11 is 0. The Morgan fingerprint density at radius 3 is 2.50 bits per heavy atom. The first-order valence-electron chi connectivity index (χ1n) is 3.73. The number of nitrogens with one attached hydrogen (secondary N) is 1.